The molecule has 4 atom stereocenters. The lowest BCUT2D eigenvalue weighted by atomic mass is 9.74. The molecule has 1 saturated heterocycles. The van der Waals surface area contributed by atoms with Crippen LogP contribution in [0.4, 0.5) is 0 Å². The lowest BCUT2D eigenvalue weighted by Crippen LogP contribution is -2.47. The van der Waals surface area contributed by atoms with Crippen LogP contribution in [-0.2, 0) is 0 Å². The lowest BCUT2D eigenvalue weighted by Gasteiger charge is -2.38. The van der Waals surface area contributed by atoms with E-state index in [1.807, 2.05) is 0 Å². The largest absolute Gasteiger partial charge is 0.313 e. The normalized spacial score (nSPS) is 38.8. The van der Waals surface area contributed by atoms with Gasteiger partial charge in [-0.1, -0.05) is 27.2 Å². The summed E-state index contributed by atoms with van der Waals surface area (Å²) in [6, 6.07) is 1.50. The highest BCUT2D eigenvalue weighted by Crippen LogP contribution is 2.33. The number of hydrogen-bond acceptors (Lipinski definition) is 2. The molecule has 2 nitrogen and oxygen atoms in total. The molecule has 2 rings (SSSR count). The zero-order valence-corrected chi connectivity index (χ0v) is 11.8. The summed E-state index contributed by atoms with van der Waals surface area (Å²) in [4.78, 5) is 0. The summed E-state index contributed by atoms with van der Waals surface area (Å²) < 4.78 is 0. The van der Waals surface area contributed by atoms with Crippen molar-refractivity contribution in [3.05, 3.63) is 0 Å². The fourth-order valence-electron chi connectivity index (χ4n) is 3.66. The molecule has 1 heterocycles. The van der Waals surface area contributed by atoms with Crippen molar-refractivity contribution in [1.82, 2.24) is 10.6 Å². The van der Waals surface area contributed by atoms with E-state index in [9.17, 15) is 0 Å². The van der Waals surface area contributed by atoms with E-state index in [-0.39, 0.29) is 0 Å². The van der Waals surface area contributed by atoms with Crippen LogP contribution in [0.5, 0.6) is 0 Å². The van der Waals surface area contributed by atoms with Crippen LogP contribution in [0.1, 0.15) is 52.9 Å². The molecular formula is C15H30N2. The molecule has 17 heavy (non-hydrogen) atoms. The summed E-state index contributed by atoms with van der Waals surface area (Å²) in [7, 11) is 0. The fourth-order valence-corrected chi connectivity index (χ4v) is 3.66. The van der Waals surface area contributed by atoms with E-state index in [1.165, 1.54) is 45.2 Å². The van der Waals surface area contributed by atoms with Gasteiger partial charge in [0.25, 0.3) is 0 Å². The smallest absolute Gasteiger partial charge is 0.0193 e. The van der Waals surface area contributed by atoms with Crippen molar-refractivity contribution in [2.75, 3.05) is 13.1 Å². The maximum absolute atomic E-state index is 3.86. The fraction of sp³-hybridized carbons (Fsp3) is 1.00. The molecule has 2 N–H and O–H groups in total. The zero-order valence-electron chi connectivity index (χ0n) is 11.8. The molecule has 1 saturated carbocycles. The van der Waals surface area contributed by atoms with Crippen molar-refractivity contribution in [1.29, 1.82) is 0 Å². The minimum absolute atomic E-state index is 0.736. The van der Waals surface area contributed by atoms with Gasteiger partial charge in [0.15, 0.2) is 0 Å². The first-order valence-electron chi connectivity index (χ1n) is 7.63. The SMILES string of the molecule is CC(C)[C@@H]1CC[C@@H](C)C[C@@H]1NC[C@H]1CCCN1. The van der Waals surface area contributed by atoms with Gasteiger partial charge < -0.3 is 10.6 Å². The van der Waals surface area contributed by atoms with Crippen LogP contribution in [0, 0.1) is 17.8 Å². The molecule has 2 heteroatoms. The molecule has 2 aliphatic rings. The van der Waals surface area contributed by atoms with Crippen molar-refractivity contribution in [3.8, 4) is 0 Å². The van der Waals surface area contributed by atoms with Crippen molar-refractivity contribution in [2.45, 2.75) is 65.0 Å². The second-order valence-corrected chi connectivity index (χ2v) is 6.63. The van der Waals surface area contributed by atoms with E-state index >= 15 is 0 Å². The van der Waals surface area contributed by atoms with Crippen LogP contribution >= 0.6 is 0 Å². The summed E-state index contributed by atoms with van der Waals surface area (Å²) in [6.07, 6.45) is 6.97. The molecule has 0 amide bonds. The number of rotatable bonds is 4. The van der Waals surface area contributed by atoms with E-state index in [1.54, 1.807) is 0 Å². The Hall–Kier alpha value is -0.0800. The van der Waals surface area contributed by atoms with E-state index < -0.39 is 0 Å². The third-order valence-electron chi connectivity index (χ3n) is 4.81. The Labute approximate surface area is 107 Å². The zero-order chi connectivity index (χ0) is 12.3. The van der Waals surface area contributed by atoms with Crippen molar-refractivity contribution >= 4 is 0 Å². The highest BCUT2D eigenvalue weighted by atomic mass is 15.0. The molecule has 0 aromatic carbocycles. The molecular weight excluding hydrogens is 208 g/mol. The first-order chi connectivity index (χ1) is 8.16. The van der Waals surface area contributed by atoms with Crippen LogP contribution < -0.4 is 10.6 Å². The van der Waals surface area contributed by atoms with Gasteiger partial charge in [0.1, 0.15) is 0 Å². The third kappa shape index (κ3) is 3.69. The Kier molecular flexibility index (Phi) is 4.87. The topological polar surface area (TPSA) is 24.1 Å². The Morgan fingerprint density at radius 2 is 2.06 bits per heavy atom. The van der Waals surface area contributed by atoms with Crippen LogP contribution in [0.3, 0.4) is 0 Å². The van der Waals surface area contributed by atoms with E-state index in [0.29, 0.717) is 0 Å². The molecule has 0 bridgehead atoms. The molecule has 2 fully saturated rings. The second-order valence-electron chi connectivity index (χ2n) is 6.63. The third-order valence-corrected chi connectivity index (χ3v) is 4.81. The Bertz CT molecular complexity index is 221. The summed E-state index contributed by atoms with van der Waals surface area (Å²) >= 11 is 0. The summed E-state index contributed by atoms with van der Waals surface area (Å²) in [6.45, 7) is 9.60. The van der Waals surface area contributed by atoms with Gasteiger partial charge in [-0.2, -0.15) is 0 Å². The van der Waals surface area contributed by atoms with Gasteiger partial charge in [0.05, 0.1) is 0 Å². The average Bonchev–Trinajstić information content (AvgIpc) is 2.78. The van der Waals surface area contributed by atoms with Crippen LogP contribution in [0.15, 0.2) is 0 Å². The predicted octanol–water partition coefficient (Wildman–Crippen LogP) is 2.79. The first-order valence-corrected chi connectivity index (χ1v) is 7.63. The van der Waals surface area contributed by atoms with Gasteiger partial charge in [0, 0.05) is 18.6 Å². The molecule has 0 radical (unpaired) electrons. The Balaban J connectivity index is 1.81. The second kappa shape index (κ2) is 6.19. The van der Waals surface area contributed by atoms with Crippen molar-refractivity contribution in [2.24, 2.45) is 17.8 Å². The molecule has 0 spiro atoms. The van der Waals surface area contributed by atoms with Crippen molar-refractivity contribution in [3.63, 3.8) is 0 Å². The van der Waals surface area contributed by atoms with Gasteiger partial charge >= 0.3 is 0 Å². The first kappa shape index (κ1) is 13.4. The minimum Gasteiger partial charge on any atom is -0.313 e. The molecule has 1 aliphatic carbocycles. The van der Waals surface area contributed by atoms with Crippen LogP contribution in [-0.4, -0.2) is 25.2 Å². The van der Waals surface area contributed by atoms with Gasteiger partial charge in [-0.25, -0.2) is 0 Å². The lowest BCUT2D eigenvalue weighted by molar-refractivity contribution is 0.168. The Morgan fingerprint density at radius 1 is 1.24 bits per heavy atom. The van der Waals surface area contributed by atoms with Gasteiger partial charge in [-0.3, -0.25) is 0 Å². The van der Waals surface area contributed by atoms with Gasteiger partial charge in [0.2, 0.25) is 0 Å². The monoisotopic (exact) mass is 238 g/mol. The average molecular weight is 238 g/mol. The maximum atomic E-state index is 3.86. The quantitative estimate of drug-likeness (QED) is 0.787. The van der Waals surface area contributed by atoms with Gasteiger partial charge in [-0.15, -0.1) is 0 Å². The highest BCUT2D eigenvalue weighted by Gasteiger charge is 2.30. The Morgan fingerprint density at radius 3 is 2.71 bits per heavy atom. The molecule has 0 aromatic rings. The summed E-state index contributed by atoms with van der Waals surface area (Å²) in [5, 5.41) is 7.45. The standard InChI is InChI=1S/C15H30N2/c1-11(2)14-7-6-12(3)9-15(14)17-10-13-5-4-8-16-13/h11-17H,4-10H2,1-3H3/t12-,13-,14+,15+/m1/s1. The van der Waals surface area contributed by atoms with E-state index in [0.717, 1.165) is 29.8 Å². The predicted molar refractivity (Wildman–Crippen MR) is 74.2 cm³/mol. The summed E-state index contributed by atoms with van der Waals surface area (Å²) in [5.41, 5.74) is 0. The number of nitrogens with one attached hydrogen (secondary N) is 2. The van der Waals surface area contributed by atoms with Crippen LogP contribution in [0.25, 0.3) is 0 Å². The van der Waals surface area contributed by atoms with E-state index in [4.69, 9.17) is 0 Å². The summed E-state index contributed by atoms with van der Waals surface area (Å²) in [5.74, 6) is 2.64. The van der Waals surface area contributed by atoms with Crippen LogP contribution in [0.2, 0.25) is 0 Å². The van der Waals surface area contributed by atoms with Gasteiger partial charge in [-0.05, 0) is 50.0 Å². The molecule has 1 aliphatic heterocycles. The minimum atomic E-state index is 0.736. The maximum Gasteiger partial charge on any atom is 0.0193 e. The van der Waals surface area contributed by atoms with Crippen molar-refractivity contribution < 1.29 is 0 Å². The molecule has 0 unspecified atom stereocenters. The number of hydrogen-bond donors (Lipinski definition) is 2. The van der Waals surface area contributed by atoms with E-state index in [2.05, 4.69) is 31.4 Å². The highest BCUT2D eigenvalue weighted by molar-refractivity contribution is 4.87. The molecule has 0 aromatic heterocycles. The molecule has 100 valence electrons.